The Morgan fingerprint density at radius 1 is 1.31 bits per heavy atom. The van der Waals surface area contributed by atoms with Gasteiger partial charge in [0, 0.05) is 37.0 Å². The highest BCUT2D eigenvalue weighted by Crippen LogP contribution is 2.28. The molecule has 2 aromatic heterocycles. The first-order valence-corrected chi connectivity index (χ1v) is 10.0. The fourth-order valence-electron chi connectivity index (χ4n) is 3.92. The van der Waals surface area contributed by atoms with Gasteiger partial charge in [-0.3, -0.25) is 4.79 Å². The van der Waals surface area contributed by atoms with Crippen molar-refractivity contribution in [3.8, 4) is 11.5 Å². The predicted molar refractivity (Wildman–Crippen MR) is 116 cm³/mol. The van der Waals surface area contributed by atoms with Gasteiger partial charge in [0.05, 0.1) is 26.2 Å². The lowest BCUT2D eigenvalue weighted by Gasteiger charge is -2.20. The molecule has 168 valence electrons. The molecule has 1 aliphatic heterocycles. The van der Waals surface area contributed by atoms with Gasteiger partial charge < -0.3 is 29.8 Å². The van der Waals surface area contributed by atoms with Crippen LogP contribution in [0.3, 0.4) is 0 Å². The Balaban J connectivity index is 1.91. The first-order chi connectivity index (χ1) is 15.3. The van der Waals surface area contributed by atoms with Crippen LogP contribution < -0.4 is 25.5 Å². The van der Waals surface area contributed by atoms with Gasteiger partial charge in [0.25, 0.3) is 0 Å². The zero-order valence-electron chi connectivity index (χ0n) is 17.7. The van der Waals surface area contributed by atoms with Gasteiger partial charge in [-0.15, -0.1) is 0 Å². The van der Waals surface area contributed by atoms with Crippen molar-refractivity contribution in [2.75, 3.05) is 32.2 Å². The first kappa shape index (κ1) is 21.6. The molecule has 1 unspecified atom stereocenters. The van der Waals surface area contributed by atoms with Crippen molar-refractivity contribution in [3.05, 3.63) is 57.6 Å². The van der Waals surface area contributed by atoms with E-state index in [0.717, 1.165) is 6.07 Å². The standard InChI is InChI=1S/C22H23FN4O5/c1-31-14-4-3-12(18(7-14)32-2)9-27-11-16(22(29)30)19(28)15-8-17(23)21(25-20(15)27)26-6-5-13(24)10-26/h3-4,7-8,11,13H,5-6,9-10,24H2,1-2H3,(H,29,30). The van der Waals surface area contributed by atoms with Crippen molar-refractivity contribution in [1.82, 2.24) is 9.55 Å². The first-order valence-electron chi connectivity index (χ1n) is 10.0. The van der Waals surface area contributed by atoms with Gasteiger partial charge in [-0.25, -0.2) is 14.2 Å². The van der Waals surface area contributed by atoms with E-state index in [2.05, 4.69) is 4.98 Å². The van der Waals surface area contributed by atoms with E-state index in [1.165, 1.54) is 25.0 Å². The maximum atomic E-state index is 14.9. The number of nitrogens with zero attached hydrogens (tertiary/aromatic N) is 3. The van der Waals surface area contributed by atoms with Gasteiger partial charge in [0.15, 0.2) is 11.6 Å². The van der Waals surface area contributed by atoms with Crippen molar-refractivity contribution in [2.24, 2.45) is 5.73 Å². The number of fused-ring (bicyclic) bond motifs is 1. The smallest absolute Gasteiger partial charge is 0.341 e. The minimum Gasteiger partial charge on any atom is -0.497 e. The number of anilines is 1. The molecular formula is C22H23FN4O5. The van der Waals surface area contributed by atoms with Crippen LogP contribution in [0, 0.1) is 5.82 Å². The molecule has 3 aromatic rings. The topological polar surface area (TPSA) is 120 Å². The number of aromatic carboxylic acids is 1. The number of nitrogens with two attached hydrogens (primary N) is 1. The molecule has 0 amide bonds. The number of halogens is 1. The molecule has 1 aromatic carbocycles. The maximum absolute atomic E-state index is 14.9. The number of hydrogen-bond donors (Lipinski definition) is 2. The fraction of sp³-hybridized carbons (Fsp3) is 0.318. The summed E-state index contributed by atoms with van der Waals surface area (Å²) >= 11 is 0. The minimum absolute atomic E-state index is 0.0865. The number of benzene rings is 1. The molecule has 0 spiro atoms. The van der Waals surface area contributed by atoms with Crippen LogP contribution in [-0.4, -0.2) is 54.0 Å². The number of carboxylic acids is 1. The molecule has 32 heavy (non-hydrogen) atoms. The molecule has 3 heterocycles. The Hall–Kier alpha value is -3.66. The highest BCUT2D eigenvalue weighted by molar-refractivity contribution is 5.92. The van der Waals surface area contributed by atoms with Crippen LogP contribution in [0.2, 0.25) is 0 Å². The van der Waals surface area contributed by atoms with Crippen LogP contribution in [0.5, 0.6) is 11.5 Å². The third kappa shape index (κ3) is 3.84. The van der Waals surface area contributed by atoms with Gasteiger partial charge in [0.1, 0.15) is 22.7 Å². The number of methoxy groups -OCH3 is 2. The minimum atomic E-state index is -1.40. The molecule has 3 N–H and O–H groups in total. The lowest BCUT2D eigenvalue weighted by Crippen LogP contribution is -2.28. The molecule has 0 aliphatic carbocycles. The summed E-state index contributed by atoms with van der Waals surface area (Å²) in [5.41, 5.74) is 5.57. The highest BCUT2D eigenvalue weighted by Gasteiger charge is 2.25. The van der Waals surface area contributed by atoms with Crippen LogP contribution in [0.4, 0.5) is 10.2 Å². The molecule has 9 nitrogen and oxygen atoms in total. The number of hydrogen-bond acceptors (Lipinski definition) is 7. The van der Waals surface area contributed by atoms with Crippen molar-refractivity contribution in [1.29, 1.82) is 0 Å². The summed E-state index contributed by atoms with van der Waals surface area (Å²) in [5.74, 6) is -0.902. The Morgan fingerprint density at radius 2 is 2.09 bits per heavy atom. The van der Waals surface area contributed by atoms with E-state index in [-0.39, 0.29) is 29.4 Å². The van der Waals surface area contributed by atoms with Gasteiger partial charge in [-0.05, 0) is 24.6 Å². The zero-order valence-corrected chi connectivity index (χ0v) is 17.7. The van der Waals surface area contributed by atoms with E-state index in [1.54, 1.807) is 23.1 Å². The van der Waals surface area contributed by atoms with E-state index in [9.17, 15) is 19.1 Å². The van der Waals surface area contributed by atoms with Crippen LogP contribution >= 0.6 is 0 Å². The van der Waals surface area contributed by atoms with E-state index >= 15 is 0 Å². The summed E-state index contributed by atoms with van der Waals surface area (Å²) < 4.78 is 27.1. The molecule has 1 aliphatic rings. The van der Waals surface area contributed by atoms with Crippen molar-refractivity contribution < 1.29 is 23.8 Å². The van der Waals surface area contributed by atoms with Crippen LogP contribution in [0.25, 0.3) is 11.0 Å². The summed E-state index contributed by atoms with van der Waals surface area (Å²) in [4.78, 5) is 30.6. The lowest BCUT2D eigenvalue weighted by molar-refractivity contribution is 0.0695. The number of pyridine rings is 2. The Kier molecular flexibility index (Phi) is 5.70. The average molecular weight is 442 g/mol. The number of rotatable bonds is 6. The molecule has 0 saturated carbocycles. The number of carbonyl (C=O) groups is 1. The molecule has 1 atom stereocenters. The predicted octanol–water partition coefficient (Wildman–Crippen LogP) is 1.84. The average Bonchev–Trinajstić information content (AvgIpc) is 3.21. The van der Waals surface area contributed by atoms with Gasteiger partial charge in [0.2, 0.25) is 5.43 Å². The van der Waals surface area contributed by atoms with Gasteiger partial charge in [-0.1, -0.05) is 0 Å². The van der Waals surface area contributed by atoms with Crippen LogP contribution in [0.1, 0.15) is 22.3 Å². The van der Waals surface area contributed by atoms with Crippen molar-refractivity contribution in [3.63, 3.8) is 0 Å². The third-order valence-corrected chi connectivity index (χ3v) is 5.57. The highest BCUT2D eigenvalue weighted by atomic mass is 19.1. The lowest BCUT2D eigenvalue weighted by atomic mass is 10.1. The Labute approximate surface area is 182 Å². The summed E-state index contributed by atoms with van der Waals surface area (Å²) in [6.45, 7) is 1.13. The number of carboxylic acid groups (broad SMARTS) is 1. The quantitative estimate of drug-likeness (QED) is 0.593. The fourth-order valence-corrected chi connectivity index (χ4v) is 3.92. The van der Waals surface area contributed by atoms with Crippen molar-refractivity contribution in [2.45, 2.75) is 19.0 Å². The second-order valence-corrected chi connectivity index (χ2v) is 7.64. The summed E-state index contributed by atoms with van der Waals surface area (Å²) in [5, 5.41) is 9.41. The van der Waals surface area contributed by atoms with E-state index in [4.69, 9.17) is 15.2 Å². The molecule has 4 rings (SSSR count). The number of ether oxygens (including phenoxy) is 2. The second kappa shape index (κ2) is 8.46. The molecular weight excluding hydrogens is 419 g/mol. The summed E-state index contributed by atoms with van der Waals surface area (Å²) in [6.07, 6.45) is 1.92. The maximum Gasteiger partial charge on any atom is 0.341 e. The summed E-state index contributed by atoms with van der Waals surface area (Å²) in [7, 11) is 3.04. The largest absolute Gasteiger partial charge is 0.497 e. The van der Waals surface area contributed by atoms with Crippen molar-refractivity contribution >= 4 is 22.8 Å². The normalized spacial score (nSPS) is 15.9. The number of aromatic nitrogens is 2. The molecule has 1 saturated heterocycles. The van der Waals surface area contributed by atoms with Gasteiger partial charge in [-0.2, -0.15) is 0 Å². The second-order valence-electron chi connectivity index (χ2n) is 7.64. The molecule has 0 bridgehead atoms. The Morgan fingerprint density at radius 3 is 2.72 bits per heavy atom. The zero-order chi connectivity index (χ0) is 23.0. The van der Waals surface area contributed by atoms with E-state index in [1.807, 2.05) is 0 Å². The third-order valence-electron chi connectivity index (χ3n) is 5.57. The molecule has 0 radical (unpaired) electrons. The van der Waals surface area contributed by atoms with Gasteiger partial charge >= 0.3 is 5.97 Å². The van der Waals surface area contributed by atoms with Crippen LogP contribution in [-0.2, 0) is 6.54 Å². The van der Waals surface area contributed by atoms with E-state index in [0.29, 0.717) is 36.6 Å². The van der Waals surface area contributed by atoms with Crippen LogP contribution in [0.15, 0.2) is 35.3 Å². The van der Waals surface area contributed by atoms with E-state index < -0.39 is 22.8 Å². The monoisotopic (exact) mass is 442 g/mol. The SMILES string of the molecule is COc1ccc(Cn2cc(C(=O)O)c(=O)c3cc(F)c(N4CCC(N)C4)nc32)c(OC)c1. The molecule has 10 heteroatoms. The molecule has 1 fully saturated rings. The summed E-state index contributed by atoms with van der Waals surface area (Å²) in [6, 6.07) is 6.17. The Bertz CT molecular complexity index is 1260.